The number of methoxy groups -OCH3 is 1. The Balaban J connectivity index is 3.14. The summed E-state index contributed by atoms with van der Waals surface area (Å²) in [7, 11) is 1.32. The highest BCUT2D eigenvalue weighted by Crippen LogP contribution is 2.61. The van der Waals surface area contributed by atoms with Crippen LogP contribution in [0, 0.1) is 6.92 Å². The first-order chi connectivity index (χ1) is 15.1. The molecule has 33 heavy (non-hydrogen) atoms. The number of benzene rings is 2. The van der Waals surface area contributed by atoms with E-state index in [0.717, 1.165) is 18.6 Å². The Bertz CT molecular complexity index is 940. The van der Waals surface area contributed by atoms with Crippen molar-refractivity contribution in [1.29, 1.82) is 0 Å². The van der Waals surface area contributed by atoms with Crippen LogP contribution in [0.25, 0.3) is 11.1 Å². The van der Waals surface area contributed by atoms with Crippen LogP contribution in [-0.4, -0.2) is 17.4 Å². The minimum atomic E-state index is -0.524. The van der Waals surface area contributed by atoms with Gasteiger partial charge < -0.3 is 4.74 Å². The molecule has 0 saturated carbocycles. The number of ether oxygens (including phenoxy) is 1. The standard InChI is InChI=1S/C31H49OP/c1-14-15-23-18-24(20(2)3)19-25(21(4)5)28(23)27-22(6)16-17-26(32-13)29(27)33(30(7,8)9)31(10,11)12/h16-21H,14-15H2,1-13H3. The van der Waals surface area contributed by atoms with Gasteiger partial charge in [0, 0.05) is 5.30 Å². The fraction of sp³-hybridized carbons (Fsp3) is 0.613. The van der Waals surface area contributed by atoms with E-state index < -0.39 is 7.92 Å². The number of hydrogen-bond donors (Lipinski definition) is 0. The fourth-order valence-corrected chi connectivity index (χ4v) is 9.62. The Morgan fingerprint density at radius 2 is 1.42 bits per heavy atom. The summed E-state index contributed by atoms with van der Waals surface area (Å²) < 4.78 is 6.11. The molecule has 0 radical (unpaired) electrons. The minimum Gasteiger partial charge on any atom is -0.496 e. The maximum Gasteiger partial charge on any atom is 0.127 e. The highest BCUT2D eigenvalue weighted by molar-refractivity contribution is 7.69. The summed E-state index contributed by atoms with van der Waals surface area (Å²) in [6, 6.07) is 9.46. The van der Waals surface area contributed by atoms with Crippen molar-refractivity contribution in [2.75, 3.05) is 7.11 Å². The van der Waals surface area contributed by atoms with Crippen molar-refractivity contribution in [3.05, 3.63) is 46.5 Å². The molecule has 0 aliphatic heterocycles. The summed E-state index contributed by atoms with van der Waals surface area (Å²) in [5.74, 6) is 2.04. The molecule has 2 aromatic rings. The summed E-state index contributed by atoms with van der Waals surface area (Å²) in [6.45, 7) is 28.4. The summed E-state index contributed by atoms with van der Waals surface area (Å²) in [5.41, 5.74) is 8.73. The SMILES string of the molecule is CCCc1cc(C(C)C)cc(C(C)C)c1-c1c(C)ccc(OC)c1P(C(C)(C)C)C(C)(C)C. The van der Waals surface area contributed by atoms with Gasteiger partial charge in [0.1, 0.15) is 5.75 Å². The third kappa shape index (κ3) is 6.03. The van der Waals surface area contributed by atoms with Crippen LogP contribution in [0.4, 0.5) is 0 Å². The topological polar surface area (TPSA) is 9.23 Å². The quantitative estimate of drug-likeness (QED) is 0.368. The Kier molecular flexibility index (Phi) is 8.89. The molecule has 1 nitrogen and oxygen atoms in total. The van der Waals surface area contributed by atoms with Crippen molar-refractivity contribution in [2.24, 2.45) is 0 Å². The van der Waals surface area contributed by atoms with Gasteiger partial charge in [-0.15, -0.1) is 0 Å². The van der Waals surface area contributed by atoms with Crippen LogP contribution in [0.5, 0.6) is 5.75 Å². The first kappa shape index (κ1) is 27.9. The number of rotatable bonds is 7. The van der Waals surface area contributed by atoms with Crippen LogP contribution in [0.2, 0.25) is 0 Å². The van der Waals surface area contributed by atoms with Gasteiger partial charge in [-0.05, 0) is 74.9 Å². The molecule has 2 heteroatoms. The first-order valence-corrected chi connectivity index (χ1v) is 14.1. The molecule has 0 heterocycles. The zero-order valence-corrected chi connectivity index (χ0v) is 24.6. The van der Waals surface area contributed by atoms with Gasteiger partial charge in [0.05, 0.1) is 7.11 Å². The average molecular weight is 469 g/mol. The van der Waals surface area contributed by atoms with Crippen LogP contribution in [0.1, 0.15) is 117 Å². The van der Waals surface area contributed by atoms with E-state index in [1.165, 1.54) is 38.7 Å². The van der Waals surface area contributed by atoms with Gasteiger partial charge in [0.25, 0.3) is 0 Å². The zero-order chi connectivity index (χ0) is 25.3. The van der Waals surface area contributed by atoms with Crippen LogP contribution in [0.15, 0.2) is 24.3 Å². The average Bonchev–Trinajstić information content (AvgIpc) is 2.66. The summed E-state index contributed by atoms with van der Waals surface area (Å²) in [6.07, 6.45) is 2.26. The van der Waals surface area contributed by atoms with Crippen LogP contribution in [-0.2, 0) is 6.42 Å². The molecule has 0 amide bonds. The molecule has 0 bridgehead atoms. The molecule has 0 unspecified atom stereocenters. The van der Waals surface area contributed by atoms with Crippen LogP contribution < -0.4 is 10.0 Å². The van der Waals surface area contributed by atoms with Gasteiger partial charge in [-0.2, -0.15) is 0 Å². The third-order valence-corrected chi connectivity index (χ3v) is 10.0. The molecule has 0 aromatic heterocycles. The van der Waals surface area contributed by atoms with Crippen LogP contribution >= 0.6 is 7.92 Å². The summed E-state index contributed by atoms with van der Waals surface area (Å²) in [4.78, 5) is 0. The smallest absolute Gasteiger partial charge is 0.127 e. The predicted molar refractivity (Wildman–Crippen MR) is 151 cm³/mol. The maximum absolute atomic E-state index is 6.11. The Hall–Kier alpha value is -1.33. The predicted octanol–water partition coefficient (Wildman–Crippen LogP) is 9.57. The normalized spacial score (nSPS) is 12.8. The number of hydrogen-bond acceptors (Lipinski definition) is 1. The van der Waals surface area contributed by atoms with E-state index in [9.17, 15) is 0 Å². The molecule has 0 spiro atoms. The molecular weight excluding hydrogens is 419 g/mol. The van der Waals surface area contributed by atoms with E-state index in [1.807, 2.05) is 7.11 Å². The molecule has 0 aliphatic rings. The Morgan fingerprint density at radius 1 is 0.848 bits per heavy atom. The molecular formula is C31H49OP. The molecule has 0 N–H and O–H groups in total. The molecule has 0 aliphatic carbocycles. The highest BCUT2D eigenvalue weighted by Gasteiger charge is 2.40. The van der Waals surface area contributed by atoms with Crippen LogP contribution in [0.3, 0.4) is 0 Å². The minimum absolute atomic E-state index is 0.157. The van der Waals surface area contributed by atoms with Gasteiger partial charge in [0.2, 0.25) is 0 Å². The lowest BCUT2D eigenvalue weighted by molar-refractivity contribution is 0.418. The van der Waals surface area contributed by atoms with E-state index >= 15 is 0 Å². The van der Waals surface area contributed by atoms with Gasteiger partial charge in [-0.25, -0.2) is 0 Å². The van der Waals surface area contributed by atoms with Gasteiger partial charge in [-0.3, -0.25) is 0 Å². The van der Waals surface area contributed by atoms with Crippen molar-refractivity contribution in [3.8, 4) is 16.9 Å². The van der Waals surface area contributed by atoms with E-state index in [-0.39, 0.29) is 10.3 Å². The monoisotopic (exact) mass is 468 g/mol. The van der Waals surface area contributed by atoms with E-state index in [4.69, 9.17) is 4.74 Å². The lowest BCUT2D eigenvalue weighted by Crippen LogP contribution is -2.33. The Labute approximate surface area is 206 Å². The van der Waals surface area contributed by atoms with E-state index in [2.05, 4.69) is 107 Å². The molecule has 184 valence electrons. The maximum atomic E-state index is 6.11. The largest absolute Gasteiger partial charge is 0.496 e. The van der Waals surface area contributed by atoms with Crippen molar-refractivity contribution in [2.45, 2.75) is 118 Å². The van der Waals surface area contributed by atoms with E-state index in [0.29, 0.717) is 11.8 Å². The molecule has 2 aromatic carbocycles. The molecule has 0 saturated heterocycles. The molecule has 0 atom stereocenters. The van der Waals surface area contributed by atoms with Crippen molar-refractivity contribution < 1.29 is 4.74 Å². The van der Waals surface area contributed by atoms with Gasteiger partial charge in [-0.1, -0.05) is 109 Å². The fourth-order valence-electron chi connectivity index (χ4n) is 5.36. The lowest BCUT2D eigenvalue weighted by Gasteiger charge is -2.43. The molecule has 2 rings (SSSR count). The van der Waals surface area contributed by atoms with E-state index in [1.54, 1.807) is 0 Å². The number of aryl methyl sites for hydroxylation is 2. The summed E-state index contributed by atoms with van der Waals surface area (Å²) in [5, 5.41) is 1.76. The second-order valence-electron chi connectivity index (χ2n) is 12.2. The lowest BCUT2D eigenvalue weighted by atomic mass is 9.82. The van der Waals surface area contributed by atoms with Crippen molar-refractivity contribution in [1.82, 2.24) is 0 Å². The molecule has 0 fully saturated rings. The Morgan fingerprint density at radius 3 is 1.85 bits per heavy atom. The zero-order valence-electron chi connectivity index (χ0n) is 23.7. The van der Waals surface area contributed by atoms with Gasteiger partial charge in [0.15, 0.2) is 0 Å². The highest BCUT2D eigenvalue weighted by atomic mass is 31.1. The first-order valence-electron chi connectivity index (χ1n) is 12.8. The van der Waals surface area contributed by atoms with Crippen molar-refractivity contribution in [3.63, 3.8) is 0 Å². The second kappa shape index (κ2) is 10.5. The summed E-state index contributed by atoms with van der Waals surface area (Å²) >= 11 is 0. The van der Waals surface area contributed by atoms with Crippen molar-refractivity contribution >= 4 is 13.2 Å². The third-order valence-electron chi connectivity index (χ3n) is 6.47. The second-order valence-corrected chi connectivity index (χ2v) is 16.0. The van der Waals surface area contributed by atoms with Gasteiger partial charge >= 0.3 is 0 Å².